The van der Waals surface area contributed by atoms with Crippen LogP contribution in [0.4, 0.5) is 0 Å². The number of carbonyl (C=O) groups is 5. The lowest BCUT2D eigenvalue weighted by Crippen LogP contribution is -2.58. The van der Waals surface area contributed by atoms with E-state index >= 15 is 0 Å². The molecule has 0 spiro atoms. The summed E-state index contributed by atoms with van der Waals surface area (Å²) in [6.07, 6.45) is 12.5. The minimum Gasteiger partial charge on any atom is -0.460 e. The number of aliphatic hydroxyl groups is 3. The first-order chi connectivity index (χ1) is 31.2. The molecule has 14 nitrogen and oxygen atoms in total. The van der Waals surface area contributed by atoms with Crippen LogP contribution in [0, 0.1) is 41.4 Å². The molecule has 0 radical (unpaired) electrons. The van der Waals surface area contributed by atoms with Gasteiger partial charge < -0.3 is 43.9 Å². The van der Waals surface area contributed by atoms with E-state index in [1.54, 1.807) is 41.1 Å². The van der Waals surface area contributed by atoms with Crippen molar-refractivity contribution in [2.45, 2.75) is 174 Å². The second-order valence-corrected chi connectivity index (χ2v) is 20.0. The number of methoxy groups -OCH3 is 3. The molecule has 15 atom stereocenters. The number of Topliss-reactive ketones (excluding diaryl/α,β-unsaturated/α-hetero) is 3. The van der Waals surface area contributed by atoms with Crippen molar-refractivity contribution in [2.24, 2.45) is 41.4 Å². The molecule has 0 unspecified atom stereocenters. The summed E-state index contributed by atoms with van der Waals surface area (Å²) in [4.78, 5) is 71.8. The van der Waals surface area contributed by atoms with Gasteiger partial charge in [-0.25, -0.2) is 4.79 Å². The normalized spacial score (nSPS) is 39.4. The van der Waals surface area contributed by atoms with Gasteiger partial charge in [0.25, 0.3) is 11.7 Å². The zero-order valence-corrected chi connectivity index (χ0v) is 41.3. The van der Waals surface area contributed by atoms with E-state index in [4.69, 9.17) is 23.7 Å². The largest absolute Gasteiger partial charge is 0.460 e. The lowest BCUT2D eigenvalue weighted by molar-refractivity contribution is -0.225. The third-order valence-electron chi connectivity index (χ3n) is 14.8. The summed E-state index contributed by atoms with van der Waals surface area (Å²) in [5.41, 5.74) is 1.35. The highest BCUT2D eigenvalue weighted by atomic mass is 16.6. The second-order valence-electron chi connectivity index (χ2n) is 20.0. The van der Waals surface area contributed by atoms with E-state index in [1.165, 1.54) is 12.0 Å². The lowest BCUT2D eigenvalue weighted by Gasteiger charge is -2.38. The fourth-order valence-corrected chi connectivity index (χ4v) is 10.3. The highest BCUT2D eigenvalue weighted by Gasteiger charge is 2.51. The number of nitrogens with zero attached hydrogens (tertiary/aromatic N) is 1. The highest BCUT2D eigenvalue weighted by molar-refractivity contribution is 6.39. The summed E-state index contributed by atoms with van der Waals surface area (Å²) >= 11 is 0. The number of aliphatic hydroxyl groups excluding tert-OH is 2. The number of ether oxygens (including phenoxy) is 5. The molecular weight excluding hydrogens is 847 g/mol. The Morgan fingerprint density at radius 2 is 1.58 bits per heavy atom. The summed E-state index contributed by atoms with van der Waals surface area (Å²) in [7, 11) is 4.58. The molecular formula is C52H81NO13. The standard InChI is InChI=1S/C52H81NO13/c1-31-16-12-11-13-17-32(2)43(62-8)28-39-20-19-37(7)52(61,65-30-39)49(58)50(59)53-23-15-14-18-40(53)51(60)66-44(34(4)26-38-21-22-41(54)45(27-38)63-9)29-42(55)33(3)25-36(6)47(57)48(64-10)46(56)35(5)24-31/h11-13,16-17,25,31,33-35,37-41,43-45,47-48,54,57,61H,14-15,18-24,26-30H2,1-10H3/b13-11+,16-12+,32-17?,36-25+/t31-,33-,34-,35-,37-,38+,39+,40+,41-,43+,44+,45-,47-,48+,52-/m1/s1. The van der Waals surface area contributed by atoms with Crippen LogP contribution >= 0.6 is 0 Å². The first-order valence-electron chi connectivity index (χ1n) is 24.4. The number of carbonyl (C=O) groups excluding carboxylic acids is 5. The fraction of sp³-hybridized carbons (Fsp3) is 0.750. The zero-order chi connectivity index (χ0) is 48.9. The average molecular weight is 928 g/mol. The molecule has 2 saturated heterocycles. The molecule has 0 aromatic heterocycles. The van der Waals surface area contributed by atoms with Gasteiger partial charge in [-0.15, -0.1) is 0 Å². The number of ketones is 3. The van der Waals surface area contributed by atoms with Gasteiger partial charge in [0.15, 0.2) is 5.78 Å². The zero-order valence-electron chi connectivity index (χ0n) is 41.3. The summed E-state index contributed by atoms with van der Waals surface area (Å²) in [5.74, 6) is -7.98. The SMILES string of the molecule is CO[C@H]1C[C@@H]2CC[C@@H](C)[C@@](O)(OC2)C(=O)C(=O)N2CCCC[C@H]2C(=O)O[C@H]([C@H](C)C[C@@H]2CC[C@@H](O)[C@H](OC)C2)CC(=O)[C@H](C)/C=C(\C)[C@@H](O)[C@@H](OC)C(=O)[C@H](C)C[C@H](C)/C=C/C=C/C=C1C. The van der Waals surface area contributed by atoms with Crippen LogP contribution in [0.15, 0.2) is 47.6 Å². The molecule has 4 aliphatic rings. The van der Waals surface area contributed by atoms with Crippen LogP contribution in [0.3, 0.4) is 0 Å². The molecule has 1 amide bonds. The van der Waals surface area contributed by atoms with E-state index in [0.717, 1.165) is 12.0 Å². The molecule has 372 valence electrons. The van der Waals surface area contributed by atoms with Crippen molar-refractivity contribution < 1.29 is 63.0 Å². The highest BCUT2D eigenvalue weighted by Crippen LogP contribution is 2.37. The number of hydrogen-bond donors (Lipinski definition) is 3. The molecule has 3 fully saturated rings. The molecule has 1 aliphatic carbocycles. The van der Waals surface area contributed by atoms with Crippen molar-refractivity contribution >= 4 is 29.2 Å². The van der Waals surface area contributed by atoms with Crippen LogP contribution in [-0.4, -0.2) is 132 Å². The van der Waals surface area contributed by atoms with Gasteiger partial charge in [-0.1, -0.05) is 71.1 Å². The number of fused-ring (bicyclic) bond motifs is 4. The smallest absolute Gasteiger partial charge is 0.329 e. The number of piperidine rings is 1. The summed E-state index contributed by atoms with van der Waals surface area (Å²) in [5, 5.41) is 33.8. The van der Waals surface area contributed by atoms with Crippen LogP contribution < -0.4 is 0 Å². The molecule has 0 aromatic carbocycles. The summed E-state index contributed by atoms with van der Waals surface area (Å²) in [6.45, 7) is 12.9. The number of esters is 1. The quantitative estimate of drug-likeness (QED) is 0.150. The average Bonchev–Trinajstić information content (AvgIpc) is 3.44. The van der Waals surface area contributed by atoms with E-state index in [0.29, 0.717) is 63.4 Å². The van der Waals surface area contributed by atoms with E-state index < -0.39 is 71.7 Å². The topological polar surface area (TPSA) is 195 Å². The second kappa shape index (κ2) is 25.8. The van der Waals surface area contributed by atoms with E-state index in [2.05, 4.69) is 0 Å². The minimum atomic E-state index is -2.40. The predicted octanol–water partition coefficient (Wildman–Crippen LogP) is 6.43. The minimum absolute atomic E-state index is 0.0196. The Kier molecular flexibility index (Phi) is 21.6. The van der Waals surface area contributed by atoms with Gasteiger partial charge in [-0.2, -0.15) is 0 Å². The molecule has 1 saturated carbocycles. The molecule has 3 heterocycles. The van der Waals surface area contributed by atoms with Crippen molar-refractivity contribution in [3.8, 4) is 0 Å². The predicted molar refractivity (Wildman–Crippen MR) is 250 cm³/mol. The van der Waals surface area contributed by atoms with Crippen LogP contribution in [0.25, 0.3) is 0 Å². The van der Waals surface area contributed by atoms with E-state index in [9.17, 15) is 39.3 Å². The van der Waals surface area contributed by atoms with Crippen molar-refractivity contribution in [1.29, 1.82) is 0 Å². The number of rotatable bonds is 6. The Bertz CT molecular complexity index is 1770. The Morgan fingerprint density at radius 3 is 2.26 bits per heavy atom. The molecule has 4 rings (SSSR count). The number of amides is 1. The van der Waals surface area contributed by atoms with Gasteiger partial charge in [0.1, 0.15) is 30.1 Å². The van der Waals surface area contributed by atoms with Crippen LogP contribution in [-0.2, 0) is 47.7 Å². The van der Waals surface area contributed by atoms with Gasteiger partial charge in [0.2, 0.25) is 5.79 Å². The molecule has 0 aromatic rings. The Morgan fingerprint density at radius 1 is 0.848 bits per heavy atom. The third-order valence-corrected chi connectivity index (χ3v) is 14.8. The molecule has 14 heteroatoms. The van der Waals surface area contributed by atoms with Gasteiger partial charge in [0.05, 0.1) is 24.9 Å². The lowest BCUT2D eigenvalue weighted by atomic mass is 9.78. The van der Waals surface area contributed by atoms with Crippen molar-refractivity contribution in [3.05, 3.63) is 47.6 Å². The maximum Gasteiger partial charge on any atom is 0.329 e. The molecule has 66 heavy (non-hydrogen) atoms. The Hall–Kier alpha value is -3.37. The van der Waals surface area contributed by atoms with Crippen molar-refractivity contribution in [3.63, 3.8) is 0 Å². The number of allylic oxidation sites excluding steroid dienone is 6. The maximum atomic E-state index is 14.4. The number of hydrogen-bond acceptors (Lipinski definition) is 13. The first-order valence-corrected chi connectivity index (χ1v) is 24.4. The Balaban J connectivity index is 1.69. The molecule has 3 aliphatic heterocycles. The Labute approximate surface area is 393 Å². The summed E-state index contributed by atoms with van der Waals surface area (Å²) < 4.78 is 29.3. The fourth-order valence-electron chi connectivity index (χ4n) is 10.3. The summed E-state index contributed by atoms with van der Waals surface area (Å²) in [6, 6.07) is -1.13. The molecule has 2 bridgehead atoms. The van der Waals surface area contributed by atoms with Gasteiger partial charge in [-0.05, 0) is 119 Å². The molecule has 3 N–H and O–H groups in total. The van der Waals surface area contributed by atoms with Crippen molar-refractivity contribution in [2.75, 3.05) is 34.5 Å². The third kappa shape index (κ3) is 14.6. The van der Waals surface area contributed by atoms with E-state index in [1.807, 2.05) is 58.1 Å². The van der Waals surface area contributed by atoms with E-state index in [-0.39, 0.29) is 73.4 Å². The van der Waals surface area contributed by atoms with Gasteiger partial charge in [-0.3, -0.25) is 19.2 Å². The van der Waals surface area contributed by atoms with Crippen LogP contribution in [0.5, 0.6) is 0 Å². The van der Waals surface area contributed by atoms with Gasteiger partial charge in [0, 0.05) is 52.0 Å². The van der Waals surface area contributed by atoms with Crippen LogP contribution in [0.1, 0.15) is 126 Å². The van der Waals surface area contributed by atoms with Crippen LogP contribution in [0.2, 0.25) is 0 Å². The monoisotopic (exact) mass is 928 g/mol. The first kappa shape index (κ1) is 55.2. The maximum absolute atomic E-state index is 14.4. The van der Waals surface area contributed by atoms with Gasteiger partial charge >= 0.3 is 5.97 Å². The number of cyclic esters (lactones) is 1. The van der Waals surface area contributed by atoms with Crippen molar-refractivity contribution in [1.82, 2.24) is 4.90 Å².